The lowest BCUT2D eigenvalue weighted by atomic mass is 10.0. The molecule has 0 aromatic carbocycles. The van der Waals surface area contributed by atoms with E-state index in [9.17, 15) is 14.4 Å². The first kappa shape index (κ1) is 79.1. The van der Waals surface area contributed by atoms with Gasteiger partial charge in [0, 0.05) is 19.3 Å². The second kappa shape index (κ2) is 70.6. The molecule has 0 heterocycles. The number of ether oxygens (including phenoxy) is 3. The molecule has 6 nitrogen and oxygen atoms in total. The van der Waals surface area contributed by atoms with Gasteiger partial charge in [-0.1, -0.05) is 370 Å². The average Bonchev–Trinajstić information content (AvgIpc) is 3.47. The number of carbonyl (C=O) groups is 3. The highest BCUT2D eigenvalue weighted by Gasteiger charge is 2.19. The van der Waals surface area contributed by atoms with Crippen molar-refractivity contribution >= 4 is 17.9 Å². The molecule has 1 unspecified atom stereocenters. The maximum atomic E-state index is 12.9. The smallest absolute Gasteiger partial charge is 0.306 e. The first-order valence-corrected chi connectivity index (χ1v) is 36.3. The van der Waals surface area contributed by atoms with Gasteiger partial charge in [-0.2, -0.15) is 0 Å². The summed E-state index contributed by atoms with van der Waals surface area (Å²) in [7, 11) is 0. The Kier molecular flexibility index (Phi) is 68.1. The van der Waals surface area contributed by atoms with E-state index >= 15 is 0 Å². The van der Waals surface area contributed by atoms with Crippen molar-refractivity contribution in [1.29, 1.82) is 0 Å². The second-order valence-corrected chi connectivity index (χ2v) is 24.5. The highest BCUT2D eigenvalue weighted by molar-refractivity contribution is 5.71. The molecule has 0 aliphatic carbocycles. The monoisotopic (exact) mass is 1150 g/mol. The molecule has 82 heavy (non-hydrogen) atoms. The van der Waals surface area contributed by atoms with Gasteiger partial charge < -0.3 is 14.2 Å². The van der Waals surface area contributed by atoms with Crippen molar-refractivity contribution in [3.63, 3.8) is 0 Å². The highest BCUT2D eigenvalue weighted by Crippen LogP contribution is 2.19. The quantitative estimate of drug-likeness (QED) is 0.0261. The molecule has 1 atom stereocenters. The highest BCUT2D eigenvalue weighted by atomic mass is 16.6. The van der Waals surface area contributed by atoms with E-state index in [4.69, 9.17) is 14.2 Å². The summed E-state index contributed by atoms with van der Waals surface area (Å²) in [6.07, 6.45) is 91.5. The van der Waals surface area contributed by atoms with Gasteiger partial charge in [0.15, 0.2) is 6.10 Å². The lowest BCUT2D eigenvalue weighted by molar-refractivity contribution is -0.167. The van der Waals surface area contributed by atoms with E-state index in [1.54, 1.807) is 0 Å². The van der Waals surface area contributed by atoms with Crippen molar-refractivity contribution in [2.45, 2.75) is 393 Å². The Hall–Kier alpha value is -2.89. The summed E-state index contributed by atoms with van der Waals surface area (Å²) in [5.41, 5.74) is 0. The van der Waals surface area contributed by atoms with E-state index in [1.165, 1.54) is 263 Å². The van der Waals surface area contributed by atoms with Gasteiger partial charge in [0.1, 0.15) is 13.2 Å². The zero-order valence-electron chi connectivity index (χ0n) is 55.0. The molecule has 6 heteroatoms. The number of rotatable bonds is 67. The predicted molar refractivity (Wildman–Crippen MR) is 358 cm³/mol. The zero-order chi connectivity index (χ0) is 59.2. The molecular weight excluding hydrogens is 1010 g/mol. The van der Waals surface area contributed by atoms with Crippen molar-refractivity contribution in [2.24, 2.45) is 0 Å². The molecule has 0 bridgehead atoms. The van der Waals surface area contributed by atoms with E-state index in [2.05, 4.69) is 81.5 Å². The van der Waals surface area contributed by atoms with Gasteiger partial charge in [0.25, 0.3) is 0 Å². The van der Waals surface area contributed by atoms with Crippen LogP contribution in [0.5, 0.6) is 0 Å². The average molecular weight is 1150 g/mol. The molecule has 0 aromatic rings. The van der Waals surface area contributed by atoms with E-state index in [1.807, 2.05) is 0 Å². The molecule has 478 valence electrons. The van der Waals surface area contributed by atoms with Crippen LogP contribution in [0.4, 0.5) is 0 Å². The fraction of sp³-hybridized carbons (Fsp3) is 0.829. The molecular formula is C76H138O6. The molecule has 0 fully saturated rings. The number of carbonyl (C=O) groups excluding carboxylic acids is 3. The molecule has 0 saturated heterocycles. The van der Waals surface area contributed by atoms with Crippen LogP contribution in [0.25, 0.3) is 0 Å². The van der Waals surface area contributed by atoms with Crippen molar-refractivity contribution in [3.8, 4) is 0 Å². The summed E-state index contributed by atoms with van der Waals surface area (Å²) in [4.78, 5) is 38.3. The molecule has 0 N–H and O–H groups in total. The summed E-state index contributed by atoms with van der Waals surface area (Å²) in [6, 6.07) is 0. The van der Waals surface area contributed by atoms with E-state index in [0.29, 0.717) is 19.3 Å². The lowest BCUT2D eigenvalue weighted by Crippen LogP contribution is -2.30. The van der Waals surface area contributed by atoms with E-state index in [0.717, 1.165) is 77.0 Å². The summed E-state index contributed by atoms with van der Waals surface area (Å²) >= 11 is 0. The molecule has 0 aliphatic rings. The van der Waals surface area contributed by atoms with Crippen LogP contribution in [0.3, 0.4) is 0 Å². The fourth-order valence-electron chi connectivity index (χ4n) is 10.9. The normalized spacial score (nSPS) is 12.4. The maximum absolute atomic E-state index is 12.9. The SMILES string of the molecule is CC/C=C\C/C=C\C/C=C\C/C=C\C/C=C\CCCC(=O)OC(COC(=O)CCCCCCCCCCCCCC)COC(=O)CCCCCCCCCCCCCCCCCCCCCCCCCCCCCCCCCCCCC. The number of esters is 3. The van der Waals surface area contributed by atoms with Gasteiger partial charge in [-0.3, -0.25) is 14.4 Å². The Labute approximate surface area is 510 Å². The molecule has 0 spiro atoms. The third-order valence-corrected chi connectivity index (χ3v) is 16.3. The van der Waals surface area contributed by atoms with Crippen molar-refractivity contribution in [2.75, 3.05) is 13.2 Å². The third-order valence-electron chi connectivity index (χ3n) is 16.3. The minimum absolute atomic E-state index is 0.0923. The van der Waals surface area contributed by atoms with Crippen LogP contribution in [0, 0.1) is 0 Å². The number of unbranched alkanes of at least 4 members (excludes halogenated alkanes) is 46. The minimum Gasteiger partial charge on any atom is -0.462 e. The first-order chi connectivity index (χ1) is 40.5. The standard InChI is InChI=1S/C76H138O6/c1-4-7-10-13-16-19-22-25-27-29-30-31-32-33-34-35-36-37-38-39-40-41-42-43-44-45-46-48-49-51-54-57-60-63-66-69-75(78)81-72-73(71-80-74(77)68-65-62-59-56-53-24-21-18-15-12-9-6-3)82-76(79)70-67-64-61-58-55-52-50-47-28-26-23-20-17-14-11-8-5-2/h8,11,17,20,26,28,50,52,58,61,73H,4-7,9-10,12-16,18-19,21-25,27,29-49,51,53-57,59-60,62-72H2,1-3H3/b11-8-,20-17-,28-26-,52-50-,61-58-. The number of allylic oxidation sites excluding steroid dienone is 10. The Morgan fingerprint density at radius 2 is 0.476 bits per heavy atom. The molecule has 0 rings (SSSR count). The fourth-order valence-corrected chi connectivity index (χ4v) is 10.9. The third kappa shape index (κ3) is 67.9. The topological polar surface area (TPSA) is 78.9 Å². The van der Waals surface area contributed by atoms with Crippen LogP contribution in [-0.2, 0) is 28.6 Å². The van der Waals surface area contributed by atoms with Crippen LogP contribution < -0.4 is 0 Å². The predicted octanol–water partition coefficient (Wildman–Crippen LogP) is 25.1. The lowest BCUT2D eigenvalue weighted by Gasteiger charge is -2.18. The van der Waals surface area contributed by atoms with Gasteiger partial charge in [-0.05, 0) is 57.8 Å². The first-order valence-electron chi connectivity index (χ1n) is 36.3. The Bertz CT molecular complexity index is 1460. The largest absolute Gasteiger partial charge is 0.462 e. The van der Waals surface area contributed by atoms with Gasteiger partial charge in [0.05, 0.1) is 0 Å². The van der Waals surface area contributed by atoms with Crippen LogP contribution in [-0.4, -0.2) is 37.2 Å². The van der Waals surface area contributed by atoms with Gasteiger partial charge >= 0.3 is 17.9 Å². The van der Waals surface area contributed by atoms with Gasteiger partial charge in [0.2, 0.25) is 0 Å². The molecule has 0 saturated carbocycles. The van der Waals surface area contributed by atoms with Crippen LogP contribution in [0.15, 0.2) is 60.8 Å². The maximum Gasteiger partial charge on any atom is 0.306 e. The zero-order valence-corrected chi connectivity index (χ0v) is 55.0. The summed E-state index contributed by atoms with van der Waals surface area (Å²) < 4.78 is 16.9. The number of hydrogen-bond acceptors (Lipinski definition) is 6. The Balaban J connectivity index is 4.09. The molecule has 0 amide bonds. The number of hydrogen-bond donors (Lipinski definition) is 0. The van der Waals surface area contributed by atoms with Crippen molar-refractivity contribution in [3.05, 3.63) is 60.8 Å². The summed E-state index contributed by atoms with van der Waals surface area (Å²) in [5.74, 6) is -0.931. The minimum atomic E-state index is -0.802. The molecule has 0 aliphatic heterocycles. The molecule has 0 aromatic heterocycles. The van der Waals surface area contributed by atoms with E-state index in [-0.39, 0.29) is 37.5 Å². The van der Waals surface area contributed by atoms with Gasteiger partial charge in [-0.25, -0.2) is 0 Å². The summed E-state index contributed by atoms with van der Waals surface area (Å²) in [5, 5.41) is 0. The van der Waals surface area contributed by atoms with Gasteiger partial charge in [-0.15, -0.1) is 0 Å². The second-order valence-electron chi connectivity index (χ2n) is 24.5. The Morgan fingerprint density at radius 3 is 0.732 bits per heavy atom. The van der Waals surface area contributed by atoms with Crippen LogP contribution in [0.2, 0.25) is 0 Å². The van der Waals surface area contributed by atoms with Crippen LogP contribution in [0.1, 0.15) is 387 Å². The summed E-state index contributed by atoms with van der Waals surface area (Å²) in [6.45, 7) is 6.53. The molecule has 0 radical (unpaired) electrons. The van der Waals surface area contributed by atoms with E-state index < -0.39 is 6.10 Å². The van der Waals surface area contributed by atoms with Crippen molar-refractivity contribution < 1.29 is 28.6 Å². The van der Waals surface area contributed by atoms with Crippen LogP contribution >= 0.6 is 0 Å². The van der Waals surface area contributed by atoms with Crippen molar-refractivity contribution in [1.82, 2.24) is 0 Å². The Morgan fingerprint density at radius 1 is 0.256 bits per heavy atom.